The van der Waals surface area contributed by atoms with Gasteiger partial charge in [-0.1, -0.05) is 42.8 Å². The summed E-state index contributed by atoms with van der Waals surface area (Å²) in [6.07, 6.45) is 9.08. The normalized spacial score (nSPS) is 21.1. The molecule has 1 aliphatic carbocycles. The van der Waals surface area contributed by atoms with E-state index in [0.29, 0.717) is 16.8 Å². The predicted octanol–water partition coefficient (Wildman–Crippen LogP) is 5.33. The van der Waals surface area contributed by atoms with Crippen LogP contribution in [0.5, 0.6) is 0 Å². The molecular formula is C36H41F2N5O3. The fourth-order valence-electron chi connectivity index (χ4n) is 6.43. The lowest BCUT2D eigenvalue weighted by Crippen LogP contribution is -2.49. The summed E-state index contributed by atoms with van der Waals surface area (Å²) in [4.78, 5) is 47.3. The van der Waals surface area contributed by atoms with E-state index in [4.69, 9.17) is 0 Å². The molecule has 2 N–H and O–H groups in total. The number of piperidine rings is 1. The van der Waals surface area contributed by atoms with Crippen molar-refractivity contribution < 1.29 is 23.2 Å². The molecule has 0 unspecified atom stereocenters. The number of rotatable bonds is 10. The summed E-state index contributed by atoms with van der Waals surface area (Å²) >= 11 is 0. The molecule has 2 saturated heterocycles. The van der Waals surface area contributed by atoms with E-state index >= 15 is 0 Å². The first-order chi connectivity index (χ1) is 22.2. The summed E-state index contributed by atoms with van der Waals surface area (Å²) in [6, 6.07) is 12.1. The number of amides is 3. The molecule has 8 nitrogen and oxygen atoms in total. The number of aromatic nitrogens is 1. The maximum absolute atomic E-state index is 14.6. The highest BCUT2D eigenvalue weighted by atomic mass is 19.1. The third-order valence-corrected chi connectivity index (χ3v) is 9.16. The molecule has 0 bridgehead atoms. The van der Waals surface area contributed by atoms with Crippen molar-refractivity contribution in [3.8, 4) is 0 Å². The molecule has 0 spiro atoms. The third kappa shape index (κ3) is 7.78. The van der Waals surface area contributed by atoms with Gasteiger partial charge >= 0.3 is 0 Å². The van der Waals surface area contributed by atoms with E-state index in [2.05, 4.69) is 50.9 Å². The van der Waals surface area contributed by atoms with Crippen LogP contribution in [-0.4, -0.2) is 70.9 Å². The SMILES string of the molecule is C[C@H](NC(=O)[C@@H]1C[C@@H](F)CN1C(=O)CNC(=O)c1ccc2cc(F)ccc2n1)c1ccc(CN2CCCCC2)cc1/C=C/C1CC1. The van der Waals surface area contributed by atoms with Crippen LogP contribution >= 0.6 is 0 Å². The Labute approximate surface area is 268 Å². The van der Waals surface area contributed by atoms with Gasteiger partial charge < -0.3 is 15.5 Å². The number of fused-ring (bicyclic) bond motifs is 1. The Morgan fingerprint density at radius 3 is 2.63 bits per heavy atom. The zero-order valence-electron chi connectivity index (χ0n) is 26.2. The van der Waals surface area contributed by atoms with Crippen molar-refractivity contribution in [2.45, 2.75) is 70.2 Å². The summed E-state index contributed by atoms with van der Waals surface area (Å²) in [5, 5.41) is 6.11. The summed E-state index contributed by atoms with van der Waals surface area (Å²) in [6.45, 7) is 4.39. The number of hydrogen-bond donors (Lipinski definition) is 2. The highest BCUT2D eigenvalue weighted by Gasteiger charge is 2.40. The second-order valence-corrected chi connectivity index (χ2v) is 12.8. The van der Waals surface area contributed by atoms with Gasteiger partial charge in [-0.3, -0.25) is 19.3 Å². The fraction of sp³-hybridized carbons (Fsp3) is 0.444. The van der Waals surface area contributed by atoms with Crippen molar-refractivity contribution in [1.82, 2.24) is 25.4 Å². The summed E-state index contributed by atoms with van der Waals surface area (Å²) < 4.78 is 28.1. The lowest BCUT2D eigenvalue weighted by atomic mass is 9.97. The molecule has 6 rings (SSSR count). The number of allylic oxidation sites excluding steroid dienone is 1. The second-order valence-electron chi connectivity index (χ2n) is 12.8. The number of nitrogens with zero attached hydrogens (tertiary/aromatic N) is 3. The minimum absolute atomic E-state index is 0.0632. The van der Waals surface area contributed by atoms with E-state index in [1.807, 2.05) is 6.92 Å². The zero-order chi connectivity index (χ0) is 32.2. The van der Waals surface area contributed by atoms with Gasteiger partial charge in [0.25, 0.3) is 5.91 Å². The molecule has 46 heavy (non-hydrogen) atoms. The smallest absolute Gasteiger partial charge is 0.270 e. The van der Waals surface area contributed by atoms with E-state index in [1.54, 1.807) is 6.07 Å². The Bertz CT molecular complexity index is 1640. The number of hydrogen-bond acceptors (Lipinski definition) is 5. The van der Waals surface area contributed by atoms with Gasteiger partial charge in [0.05, 0.1) is 24.6 Å². The van der Waals surface area contributed by atoms with Gasteiger partial charge in [0.1, 0.15) is 23.7 Å². The Kier molecular flexibility index (Phi) is 9.72. The molecule has 3 atom stereocenters. The molecule has 3 aromatic rings. The first-order valence-electron chi connectivity index (χ1n) is 16.4. The van der Waals surface area contributed by atoms with Gasteiger partial charge in [-0.05, 0) is 92.6 Å². The maximum atomic E-state index is 14.6. The van der Waals surface area contributed by atoms with Crippen LogP contribution < -0.4 is 10.6 Å². The Morgan fingerprint density at radius 1 is 1.04 bits per heavy atom. The lowest BCUT2D eigenvalue weighted by molar-refractivity contribution is -0.138. The van der Waals surface area contributed by atoms with E-state index in [0.717, 1.165) is 30.8 Å². The van der Waals surface area contributed by atoms with Crippen LogP contribution in [0, 0.1) is 11.7 Å². The molecule has 3 heterocycles. The molecule has 3 fully saturated rings. The second kappa shape index (κ2) is 14.1. The average molecular weight is 630 g/mol. The number of pyridine rings is 1. The minimum atomic E-state index is -1.35. The van der Waals surface area contributed by atoms with Gasteiger partial charge in [0.15, 0.2) is 0 Å². The first kappa shape index (κ1) is 31.8. The highest BCUT2D eigenvalue weighted by Crippen LogP contribution is 2.32. The van der Waals surface area contributed by atoms with Crippen molar-refractivity contribution in [2.24, 2.45) is 5.92 Å². The summed E-state index contributed by atoms with van der Waals surface area (Å²) in [5.74, 6) is -1.38. The van der Waals surface area contributed by atoms with Crippen molar-refractivity contribution >= 4 is 34.7 Å². The number of likely N-dealkylation sites (tertiary alicyclic amines) is 2. The highest BCUT2D eigenvalue weighted by molar-refractivity contribution is 5.97. The largest absolute Gasteiger partial charge is 0.348 e. The Morgan fingerprint density at radius 2 is 1.85 bits per heavy atom. The Hall–Kier alpha value is -4.18. The molecule has 242 valence electrons. The minimum Gasteiger partial charge on any atom is -0.348 e. The fourth-order valence-corrected chi connectivity index (χ4v) is 6.43. The van der Waals surface area contributed by atoms with Crippen molar-refractivity contribution in [3.63, 3.8) is 0 Å². The number of alkyl halides is 1. The van der Waals surface area contributed by atoms with Gasteiger partial charge in [0.2, 0.25) is 11.8 Å². The van der Waals surface area contributed by atoms with Crippen LogP contribution in [0.25, 0.3) is 17.0 Å². The van der Waals surface area contributed by atoms with Crippen LogP contribution in [-0.2, 0) is 16.1 Å². The molecule has 0 radical (unpaired) electrons. The van der Waals surface area contributed by atoms with Crippen LogP contribution in [0.4, 0.5) is 8.78 Å². The number of carbonyl (C=O) groups excluding carboxylic acids is 3. The zero-order valence-corrected chi connectivity index (χ0v) is 26.2. The van der Waals surface area contributed by atoms with Gasteiger partial charge in [-0.2, -0.15) is 0 Å². The van der Waals surface area contributed by atoms with Gasteiger partial charge in [0, 0.05) is 18.4 Å². The molecule has 1 saturated carbocycles. The first-order valence-corrected chi connectivity index (χ1v) is 16.4. The molecule has 3 aliphatic rings. The molecule has 1 aromatic heterocycles. The van der Waals surface area contributed by atoms with Gasteiger partial charge in [-0.25, -0.2) is 13.8 Å². The van der Waals surface area contributed by atoms with Gasteiger partial charge in [-0.15, -0.1) is 0 Å². The third-order valence-electron chi connectivity index (χ3n) is 9.16. The van der Waals surface area contributed by atoms with E-state index in [1.165, 1.54) is 66.8 Å². The summed E-state index contributed by atoms with van der Waals surface area (Å²) in [5.41, 5.74) is 3.77. The van der Waals surface area contributed by atoms with E-state index in [9.17, 15) is 23.2 Å². The quantitative estimate of drug-likeness (QED) is 0.316. The lowest BCUT2D eigenvalue weighted by Gasteiger charge is -2.27. The van der Waals surface area contributed by atoms with Crippen LogP contribution in [0.3, 0.4) is 0 Å². The van der Waals surface area contributed by atoms with E-state index in [-0.39, 0.29) is 24.7 Å². The number of halogens is 2. The number of carbonyl (C=O) groups is 3. The molecule has 3 amide bonds. The number of nitrogens with one attached hydrogen (secondary N) is 2. The van der Waals surface area contributed by atoms with Crippen molar-refractivity contribution in [1.29, 1.82) is 0 Å². The predicted molar refractivity (Wildman–Crippen MR) is 173 cm³/mol. The van der Waals surface area contributed by atoms with Crippen LogP contribution in [0.1, 0.15) is 78.7 Å². The van der Waals surface area contributed by atoms with Crippen LogP contribution in [0.15, 0.2) is 54.6 Å². The maximum Gasteiger partial charge on any atom is 0.270 e. The average Bonchev–Trinajstić information content (AvgIpc) is 3.81. The molecule has 2 aromatic carbocycles. The molecular weight excluding hydrogens is 588 g/mol. The molecule has 10 heteroatoms. The molecule has 2 aliphatic heterocycles. The summed E-state index contributed by atoms with van der Waals surface area (Å²) in [7, 11) is 0. The van der Waals surface area contributed by atoms with E-state index < -0.39 is 42.3 Å². The standard InChI is InChI=1S/C36H41F2N5O3/c1-23(30-12-8-25(21-42-15-3-2-4-16-42)17-26(30)9-7-24-5-6-24)40-36(46)33-19-29(38)22-43(33)34(44)20-39-35(45)32-13-10-27-18-28(37)11-14-31(27)41-32/h7-14,17-18,23-24,29,33H,2-6,15-16,19-22H2,1H3,(H,39,45)(H,40,46)/b9-7+/t23-,29+,33-/m0/s1. The Balaban J connectivity index is 1.09. The monoisotopic (exact) mass is 629 g/mol. The number of benzene rings is 2. The van der Waals surface area contributed by atoms with Crippen molar-refractivity contribution in [2.75, 3.05) is 26.2 Å². The van der Waals surface area contributed by atoms with Crippen molar-refractivity contribution in [3.05, 3.63) is 82.8 Å². The van der Waals surface area contributed by atoms with Crippen LogP contribution in [0.2, 0.25) is 0 Å². The topological polar surface area (TPSA) is 94.6 Å².